The van der Waals surface area contributed by atoms with Gasteiger partial charge in [-0.2, -0.15) is 0 Å². The Hall–Kier alpha value is -0.120. The maximum atomic E-state index is 8.84. The lowest BCUT2D eigenvalue weighted by atomic mass is 10.0. The van der Waals surface area contributed by atoms with Crippen molar-refractivity contribution in [3.8, 4) is 0 Å². The molecule has 0 aliphatic carbocycles. The van der Waals surface area contributed by atoms with Crippen molar-refractivity contribution < 1.29 is 5.11 Å². The van der Waals surface area contributed by atoms with Gasteiger partial charge >= 0.3 is 0 Å². The van der Waals surface area contributed by atoms with E-state index in [1.165, 1.54) is 65.0 Å². The molecule has 0 spiro atoms. The molecule has 0 aromatic rings. The Morgan fingerprint density at radius 1 is 0.944 bits per heavy atom. The lowest BCUT2D eigenvalue weighted by Gasteiger charge is -2.34. The van der Waals surface area contributed by atoms with E-state index in [4.69, 9.17) is 5.11 Å². The molecule has 0 aromatic carbocycles. The highest BCUT2D eigenvalue weighted by Crippen LogP contribution is 2.13. The van der Waals surface area contributed by atoms with Gasteiger partial charge in [-0.05, 0) is 31.8 Å². The molecule has 0 radical (unpaired) electrons. The van der Waals surface area contributed by atoms with Gasteiger partial charge in [-0.3, -0.25) is 0 Å². The van der Waals surface area contributed by atoms with E-state index in [9.17, 15) is 0 Å². The second kappa shape index (κ2) is 9.76. The third-order valence-corrected chi connectivity index (χ3v) is 4.21. The van der Waals surface area contributed by atoms with Gasteiger partial charge in [0.1, 0.15) is 0 Å². The molecule has 1 atom stereocenters. The van der Waals surface area contributed by atoms with Crippen molar-refractivity contribution in [1.29, 1.82) is 0 Å². The van der Waals surface area contributed by atoms with E-state index >= 15 is 0 Å². The van der Waals surface area contributed by atoms with E-state index in [0.717, 1.165) is 6.42 Å². The first-order chi connectivity index (χ1) is 8.76. The fourth-order valence-corrected chi connectivity index (χ4v) is 2.70. The summed E-state index contributed by atoms with van der Waals surface area (Å²) in [4.78, 5) is 5.15. The van der Waals surface area contributed by atoms with Gasteiger partial charge in [0, 0.05) is 32.8 Å². The number of aliphatic hydroxyl groups excluding tert-OH is 1. The summed E-state index contributed by atoms with van der Waals surface area (Å²) in [6.07, 6.45) is 6.28. The molecule has 3 heteroatoms. The molecule has 108 valence electrons. The van der Waals surface area contributed by atoms with Crippen LogP contribution in [0.1, 0.15) is 46.0 Å². The molecule has 18 heavy (non-hydrogen) atoms. The molecule has 1 unspecified atom stereocenters. The molecular weight excluding hydrogens is 224 g/mol. The topological polar surface area (TPSA) is 26.7 Å². The molecule has 1 rings (SSSR count). The van der Waals surface area contributed by atoms with Crippen molar-refractivity contribution in [2.45, 2.75) is 46.0 Å². The largest absolute Gasteiger partial charge is 0.396 e. The zero-order valence-corrected chi connectivity index (χ0v) is 12.4. The highest BCUT2D eigenvalue weighted by atomic mass is 16.3. The van der Waals surface area contributed by atoms with Crippen LogP contribution in [0.5, 0.6) is 0 Å². The number of nitrogens with zero attached hydrogens (tertiary/aromatic N) is 2. The predicted molar refractivity (Wildman–Crippen MR) is 77.9 cm³/mol. The zero-order valence-electron chi connectivity index (χ0n) is 12.4. The quantitative estimate of drug-likeness (QED) is 0.641. The molecule has 0 aromatic heterocycles. The minimum absolute atomic E-state index is 0.350. The van der Waals surface area contributed by atoms with Gasteiger partial charge < -0.3 is 14.9 Å². The van der Waals surface area contributed by atoms with Crippen molar-refractivity contribution in [1.82, 2.24) is 9.80 Å². The normalized spacial score (nSPS) is 20.2. The van der Waals surface area contributed by atoms with E-state index < -0.39 is 0 Å². The fraction of sp³-hybridized carbons (Fsp3) is 1.00. The van der Waals surface area contributed by atoms with Crippen LogP contribution in [0.2, 0.25) is 0 Å². The van der Waals surface area contributed by atoms with Crippen LogP contribution in [-0.4, -0.2) is 60.8 Å². The minimum Gasteiger partial charge on any atom is -0.396 e. The summed E-state index contributed by atoms with van der Waals surface area (Å²) >= 11 is 0. The van der Waals surface area contributed by atoms with Gasteiger partial charge in [-0.15, -0.1) is 0 Å². The van der Waals surface area contributed by atoms with Gasteiger partial charge in [0.05, 0.1) is 0 Å². The predicted octanol–water partition coefficient (Wildman–Crippen LogP) is 2.20. The first-order valence-electron chi connectivity index (χ1n) is 7.81. The summed E-state index contributed by atoms with van der Waals surface area (Å²) in [5, 5.41) is 8.84. The van der Waals surface area contributed by atoms with E-state index in [2.05, 4.69) is 23.6 Å². The van der Waals surface area contributed by atoms with Crippen LogP contribution < -0.4 is 0 Å². The van der Waals surface area contributed by atoms with Gasteiger partial charge in [-0.1, -0.05) is 33.1 Å². The van der Waals surface area contributed by atoms with Crippen LogP contribution >= 0.6 is 0 Å². The summed E-state index contributed by atoms with van der Waals surface area (Å²) < 4.78 is 0. The SMILES string of the molecule is CCN1CCN(CCCCCC(C)CCO)CC1. The maximum Gasteiger partial charge on any atom is 0.0433 e. The monoisotopic (exact) mass is 256 g/mol. The van der Waals surface area contributed by atoms with Crippen molar-refractivity contribution in [2.24, 2.45) is 5.92 Å². The Labute approximate surface area is 113 Å². The summed E-state index contributed by atoms with van der Waals surface area (Å²) in [6.45, 7) is 12.4. The molecule has 0 bridgehead atoms. The molecule has 0 saturated carbocycles. The number of rotatable bonds is 9. The van der Waals surface area contributed by atoms with Crippen LogP contribution in [0.3, 0.4) is 0 Å². The van der Waals surface area contributed by atoms with Crippen molar-refractivity contribution in [3.63, 3.8) is 0 Å². The van der Waals surface area contributed by atoms with E-state index in [1.807, 2.05) is 0 Å². The van der Waals surface area contributed by atoms with Crippen molar-refractivity contribution in [2.75, 3.05) is 45.9 Å². The summed E-state index contributed by atoms with van der Waals surface area (Å²) in [5.74, 6) is 0.697. The summed E-state index contributed by atoms with van der Waals surface area (Å²) in [6, 6.07) is 0. The van der Waals surface area contributed by atoms with Gasteiger partial charge in [0.25, 0.3) is 0 Å². The third kappa shape index (κ3) is 6.72. The first-order valence-corrected chi connectivity index (χ1v) is 7.81. The van der Waals surface area contributed by atoms with Crippen molar-refractivity contribution in [3.05, 3.63) is 0 Å². The molecular formula is C15H32N2O. The zero-order chi connectivity index (χ0) is 13.2. The number of piperazine rings is 1. The number of unbranched alkanes of at least 4 members (excludes halogenated alkanes) is 2. The summed E-state index contributed by atoms with van der Waals surface area (Å²) in [5.41, 5.74) is 0. The number of hydrogen-bond donors (Lipinski definition) is 1. The summed E-state index contributed by atoms with van der Waals surface area (Å²) in [7, 11) is 0. The Morgan fingerprint density at radius 2 is 1.61 bits per heavy atom. The molecule has 1 fully saturated rings. The van der Waals surface area contributed by atoms with Crippen molar-refractivity contribution >= 4 is 0 Å². The van der Waals surface area contributed by atoms with Crippen LogP contribution in [0.4, 0.5) is 0 Å². The number of hydrogen-bond acceptors (Lipinski definition) is 3. The van der Waals surface area contributed by atoms with Gasteiger partial charge in [-0.25, -0.2) is 0 Å². The van der Waals surface area contributed by atoms with E-state index in [-0.39, 0.29) is 0 Å². The van der Waals surface area contributed by atoms with Crippen LogP contribution in [-0.2, 0) is 0 Å². The molecule has 1 aliphatic rings. The van der Waals surface area contributed by atoms with E-state index in [0.29, 0.717) is 12.5 Å². The lowest BCUT2D eigenvalue weighted by Crippen LogP contribution is -2.46. The van der Waals surface area contributed by atoms with E-state index in [1.54, 1.807) is 0 Å². The average molecular weight is 256 g/mol. The second-order valence-corrected chi connectivity index (χ2v) is 5.74. The molecule has 1 saturated heterocycles. The third-order valence-electron chi connectivity index (χ3n) is 4.21. The van der Waals surface area contributed by atoms with Crippen LogP contribution in [0.15, 0.2) is 0 Å². The first kappa shape index (κ1) is 15.9. The lowest BCUT2D eigenvalue weighted by molar-refractivity contribution is 0.135. The molecule has 0 amide bonds. The molecule has 1 aliphatic heterocycles. The number of likely N-dealkylation sites (N-methyl/N-ethyl adjacent to an activating group) is 1. The standard InChI is InChI=1S/C15H32N2O/c1-3-16-10-12-17(13-11-16)9-6-4-5-7-15(2)8-14-18/h15,18H,3-14H2,1-2H3. The van der Waals surface area contributed by atoms with Gasteiger partial charge in [0.15, 0.2) is 0 Å². The Morgan fingerprint density at radius 3 is 2.22 bits per heavy atom. The fourth-order valence-electron chi connectivity index (χ4n) is 2.70. The smallest absolute Gasteiger partial charge is 0.0433 e. The average Bonchev–Trinajstić information content (AvgIpc) is 2.39. The molecule has 1 heterocycles. The minimum atomic E-state index is 0.350. The van der Waals surface area contributed by atoms with Crippen LogP contribution in [0, 0.1) is 5.92 Å². The maximum absolute atomic E-state index is 8.84. The highest BCUT2D eigenvalue weighted by molar-refractivity contribution is 4.70. The van der Waals surface area contributed by atoms with Crippen LogP contribution in [0.25, 0.3) is 0 Å². The Kier molecular flexibility index (Phi) is 8.64. The highest BCUT2D eigenvalue weighted by Gasteiger charge is 2.14. The Balaban J connectivity index is 1.92. The Bertz CT molecular complexity index is 191. The number of aliphatic hydroxyl groups is 1. The van der Waals surface area contributed by atoms with Gasteiger partial charge in [0.2, 0.25) is 0 Å². The molecule has 3 nitrogen and oxygen atoms in total. The second-order valence-electron chi connectivity index (χ2n) is 5.74. The molecule has 1 N–H and O–H groups in total.